The van der Waals surface area contributed by atoms with E-state index in [-0.39, 0.29) is 10.9 Å². The zero-order valence-corrected chi connectivity index (χ0v) is 10.7. The molecule has 1 heterocycles. The van der Waals surface area contributed by atoms with Crippen molar-refractivity contribution < 1.29 is 8.42 Å². The van der Waals surface area contributed by atoms with Crippen LogP contribution in [0.2, 0.25) is 0 Å². The smallest absolute Gasteiger partial charge is 0.260 e. The van der Waals surface area contributed by atoms with Gasteiger partial charge in [0.15, 0.2) is 5.03 Å². The molecule has 0 aromatic carbocycles. The quantitative estimate of drug-likeness (QED) is 0.488. The molecule has 0 amide bonds. The van der Waals surface area contributed by atoms with Crippen molar-refractivity contribution in [2.75, 3.05) is 0 Å². The van der Waals surface area contributed by atoms with Crippen LogP contribution in [-0.2, 0) is 16.6 Å². The standard InChI is InChI=1S/C9H17N5O2S/c1-3-7(9(10)11)13-17(15,16)8-5-14(4-2)6-12-8/h5-7,13H,3-4H2,1-2H3,(H3,10,11). The van der Waals surface area contributed by atoms with E-state index in [0.29, 0.717) is 13.0 Å². The minimum absolute atomic E-state index is 0.0564. The molecule has 8 heteroatoms. The van der Waals surface area contributed by atoms with Gasteiger partial charge >= 0.3 is 0 Å². The second kappa shape index (κ2) is 5.28. The van der Waals surface area contributed by atoms with Crippen LogP contribution in [0.25, 0.3) is 0 Å². The van der Waals surface area contributed by atoms with Crippen LogP contribution < -0.4 is 10.5 Å². The Bertz CT molecular complexity index is 493. The molecule has 0 radical (unpaired) electrons. The third kappa shape index (κ3) is 3.27. The van der Waals surface area contributed by atoms with Gasteiger partial charge in [-0.3, -0.25) is 5.41 Å². The average molecular weight is 259 g/mol. The van der Waals surface area contributed by atoms with Gasteiger partial charge in [0.1, 0.15) is 5.84 Å². The van der Waals surface area contributed by atoms with Crippen LogP contribution in [0.5, 0.6) is 0 Å². The summed E-state index contributed by atoms with van der Waals surface area (Å²) in [5, 5.41) is 7.20. The number of aromatic nitrogens is 2. The fourth-order valence-corrected chi connectivity index (χ4v) is 2.51. The Kier molecular flexibility index (Phi) is 4.24. The number of aryl methyl sites for hydroxylation is 1. The number of hydrogen-bond acceptors (Lipinski definition) is 4. The topological polar surface area (TPSA) is 114 Å². The number of nitrogens with one attached hydrogen (secondary N) is 2. The van der Waals surface area contributed by atoms with Crippen molar-refractivity contribution in [2.45, 2.75) is 37.9 Å². The molecular formula is C9H17N5O2S. The Morgan fingerprint density at radius 3 is 2.71 bits per heavy atom. The Balaban J connectivity index is 2.91. The third-order valence-corrected chi connectivity index (χ3v) is 3.69. The maximum atomic E-state index is 11.9. The lowest BCUT2D eigenvalue weighted by atomic mass is 10.2. The molecule has 1 atom stereocenters. The number of nitrogens with two attached hydrogens (primary N) is 1. The van der Waals surface area contributed by atoms with Crippen molar-refractivity contribution in [1.29, 1.82) is 5.41 Å². The summed E-state index contributed by atoms with van der Waals surface area (Å²) in [6.45, 7) is 4.28. The van der Waals surface area contributed by atoms with Crippen molar-refractivity contribution in [3.05, 3.63) is 12.5 Å². The maximum absolute atomic E-state index is 11.9. The number of hydrogen-bond donors (Lipinski definition) is 3. The van der Waals surface area contributed by atoms with Gasteiger partial charge in [-0.15, -0.1) is 0 Å². The van der Waals surface area contributed by atoms with E-state index >= 15 is 0 Å². The fourth-order valence-electron chi connectivity index (χ4n) is 1.27. The van der Waals surface area contributed by atoms with Gasteiger partial charge in [-0.2, -0.15) is 4.72 Å². The summed E-state index contributed by atoms with van der Waals surface area (Å²) < 4.78 is 27.8. The van der Waals surface area contributed by atoms with E-state index in [2.05, 4.69) is 9.71 Å². The Labute approximate surface area is 101 Å². The lowest BCUT2D eigenvalue weighted by Crippen LogP contribution is -2.43. The molecule has 1 aromatic rings. The van der Waals surface area contributed by atoms with Gasteiger partial charge in [0.25, 0.3) is 10.0 Å². The highest BCUT2D eigenvalue weighted by Crippen LogP contribution is 2.07. The van der Waals surface area contributed by atoms with Crippen LogP contribution in [0, 0.1) is 5.41 Å². The fraction of sp³-hybridized carbons (Fsp3) is 0.556. The second-order valence-corrected chi connectivity index (χ2v) is 5.24. The van der Waals surface area contributed by atoms with E-state index in [1.165, 1.54) is 12.5 Å². The molecule has 4 N–H and O–H groups in total. The Hall–Kier alpha value is -1.41. The monoisotopic (exact) mass is 259 g/mol. The van der Waals surface area contributed by atoms with Crippen LogP contribution in [0.1, 0.15) is 20.3 Å². The van der Waals surface area contributed by atoms with Gasteiger partial charge in [0, 0.05) is 12.7 Å². The number of imidazole rings is 1. The summed E-state index contributed by atoms with van der Waals surface area (Å²) in [7, 11) is -3.71. The SMILES string of the molecule is CCC(NS(=O)(=O)c1cn(CC)cn1)C(=N)N. The highest BCUT2D eigenvalue weighted by atomic mass is 32.2. The molecule has 1 unspecified atom stereocenters. The molecule has 1 aromatic heterocycles. The third-order valence-electron chi connectivity index (χ3n) is 2.33. The number of nitrogens with zero attached hydrogens (tertiary/aromatic N) is 2. The minimum atomic E-state index is -3.71. The molecule has 1 rings (SSSR count). The van der Waals surface area contributed by atoms with Crippen molar-refractivity contribution in [2.24, 2.45) is 5.73 Å². The lowest BCUT2D eigenvalue weighted by Gasteiger charge is -2.14. The molecule has 0 bridgehead atoms. The van der Waals surface area contributed by atoms with Crippen LogP contribution in [-0.4, -0.2) is 29.8 Å². The molecule has 17 heavy (non-hydrogen) atoms. The van der Waals surface area contributed by atoms with Gasteiger partial charge < -0.3 is 10.3 Å². The normalized spacial score (nSPS) is 13.5. The zero-order chi connectivity index (χ0) is 13.1. The Morgan fingerprint density at radius 2 is 2.29 bits per heavy atom. The number of rotatable bonds is 6. The van der Waals surface area contributed by atoms with Crippen LogP contribution in [0.15, 0.2) is 17.6 Å². The second-order valence-electron chi connectivity index (χ2n) is 3.58. The van der Waals surface area contributed by atoms with Gasteiger partial charge in [-0.1, -0.05) is 6.92 Å². The van der Waals surface area contributed by atoms with E-state index in [1.54, 1.807) is 11.5 Å². The number of sulfonamides is 1. The first-order valence-corrected chi connectivity index (χ1v) is 6.77. The molecule has 0 aliphatic heterocycles. The highest BCUT2D eigenvalue weighted by molar-refractivity contribution is 7.89. The summed E-state index contributed by atoms with van der Waals surface area (Å²) in [6, 6.07) is -0.688. The van der Waals surface area contributed by atoms with E-state index in [4.69, 9.17) is 11.1 Å². The van der Waals surface area contributed by atoms with Gasteiger partial charge in [-0.25, -0.2) is 13.4 Å². The predicted molar refractivity (Wildman–Crippen MR) is 64.2 cm³/mol. The van der Waals surface area contributed by atoms with Crippen molar-refractivity contribution in [3.8, 4) is 0 Å². The first kappa shape index (κ1) is 13.7. The molecule has 0 saturated heterocycles. The van der Waals surface area contributed by atoms with Crippen LogP contribution in [0.4, 0.5) is 0 Å². The Morgan fingerprint density at radius 1 is 1.65 bits per heavy atom. The molecule has 0 fully saturated rings. The minimum Gasteiger partial charge on any atom is -0.386 e. The van der Waals surface area contributed by atoms with Crippen molar-refractivity contribution in [3.63, 3.8) is 0 Å². The largest absolute Gasteiger partial charge is 0.386 e. The lowest BCUT2D eigenvalue weighted by molar-refractivity contribution is 0.568. The van der Waals surface area contributed by atoms with Crippen LogP contribution in [0.3, 0.4) is 0 Å². The molecule has 0 aliphatic carbocycles. The predicted octanol–water partition coefficient (Wildman–Crippen LogP) is -0.104. The van der Waals surface area contributed by atoms with Crippen LogP contribution >= 0.6 is 0 Å². The molecule has 96 valence electrons. The van der Waals surface area contributed by atoms with Gasteiger partial charge in [0.2, 0.25) is 0 Å². The van der Waals surface area contributed by atoms with Gasteiger partial charge in [0.05, 0.1) is 12.4 Å². The van der Waals surface area contributed by atoms with Crippen molar-refractivity contribution in [1.82, 2.24) is 14.3 Å². The summed E-state index contributed by atoms with van der Waals surface area (Å²) in [5.41, 5.74) is 5.29. The van der Waals surface area contributed by atoms with E-state index in [0.717, 1.165) is 0 Å². The molecular weight excluding hydrogens is 242 g/mol. The average Bonchev–Trinajstić information content (AvgIpc) is 2.74. The first-order valence-electron chi connectivity index (χ1n) is 5.28. The maximum Gasteiger partial charge on any atom is 0.260 e. The highest BCUT2D eigenvalue weighted by Gasteiger charge is 2.22. The van der Waals surface area contributed by atoms with E-state index in [9.17, 15) is 8.42 Å². The summed E-state index contributed by atoms with van der Waals surface area (Å²) >= 11 is 0. The summed E-state index contributed by atoms with van der Waals surface area (Å²) in [6.07, 6.45) is 3.31. The molecule has 0 spiro atoms. The number of amidine groups is 1. The van der Waals surface area contributed by atoms with E-state index in [1.807, 2.05) is 6.92 Å². The summed E-state index contributed by atoms with van der Waals surface area (Å²) in [5.74, 6) is -0.203. The van der Waals surface area contributed by atoms with Crippen molar-refractivity contribution >= 4 is 15.9 Å². The summed E-state index contributed by atoms with van der Waals surface area (Å²) in [4.78, 5) is 3.81. The van der Waals surface area contributed by atoms with Gasteiger partial charge in [-0.05, 0) is 13.3 Å². The zero-order valence-electron chi connectivity index (χ0n) is 9.84. The first-order chi connectivity index (χ1) is 7.90. The molecule has 7 nitrogen and oxygen atoms in total. The molecule has 0 aliphatic rings. The molecule has 0 saturated carbocycles. The van der Waals surface area contributed by atoms with E-state index < -0.39 is 16.1 Å².